The Morgan fingerprint density at radius 1 is 0.964 bits per heavy atom. The molecule has 0 atom stereocenters. The molecule has 4 aromatic rings. The molecular weight excluding hydrogens is 370 g/mol. The molecule has 5 rings (SSSR count). The van der Waals surface area contributed by atoms with Gasteiger partial charge in [0.05, 0.1) is 27.4 Å². The summed E-state index contributed by atoms with van der Waals surface area (Å²) in [6.07, 6.45) is 1.58. The lowest BCUT2D eigenvalue weighted by Gasteiger charge is -2.34. The van der Waals surface area contributed by atoms with E-state index in [9.17, 15) is 4.79 Å². The fourth-order valence-corrected chi connectivity index (χ4v) is 4.63. The standard InChI is InChI=1S/C21H19N5OS/c1-14-5-4-8-18-19(14)24-21(28-18)26-11-9-25(10-12-26)20(27)17-13-22-15-6-2-3-7-16(15)23-17/h2-8,13H,9-12H2,1H3. The van der Waals surface area contributed by atoms with E-state index >= 15 is 0 Å². The van der Waals surface area contributed by atoms with Crippen LogP contribution in [0, 0.1) is 6.92 Å². The Bertz CT molecular complexity index is 1180. The molecule has 1 fully saturated rings. The average Bonchev–Trinajstić information content (AvgIpc) is 3.19. The van der Waals surface area contributed by atoms with Gasteiger partial charge in [0.25, 0.3) is 5.91 Å². The molecule has 1 saturated heterocycles. The first-order valence-corrected chi connectivity index (χ1v) is 10.1. The number of carbonyl (C=O) groups is 1. The number of rotatable bonds is 2. The molecule has 3 heterocycles. The van der Waals surface area contributed by atoms with Crippen molar-refractivity contribution in [3.05, 3.63) is 59.9 Å². The highest BCUT2D eigenvalue weighted by molar-refractivity contribution is 7.22. The number of anilines is 1. The number of nitrogens with zero attached hydrogens (tertiary/aromatic N) is 5. The van der Waals surface area contributed by atoms with Gasteiger partial charge in [-0.1, -0.05) is 35.6 Å². The predicted molar refractivity (Wildman–Crippen MR) is 112 cm³/mol. The average molecular weight is 389 g/mol. The Balaban J connectivity index is 1.31. The number of fused-ring (bicyclic) bond motifs is 2. The summed E-state index contributed by atoms with van der Waals surface area (Å²) in [5.41, 5.74) is 4.23. The van der Waals surface area contributed by atoms with Gasteiger partial charge in [-0.05, 0) is 30.7 Å². The Kier molecular flexibility index (Phi) is 4.16. The fourth-order valence-electron chi connectivity index (χ4n) is 3.53. The molecule has 0 aliphatic carbocycles. The van der Waals surface area contributed by atoms with E-state index in [1.165, 1.54) is 10.3 Å². The zero-order valence-corrected chi connectivity index (χ0v) is 16.3. The maximum Gasteiger partial charge on any atom is 0.274 e. The molecule has 0 unspecified atom stereocenters. The summed E-state index contributed by atoms with van der Waals surface area (Å²) in [6.45, 7) is 4.94. The van der Waals surface area contributed by atoms with Gasteiger partial charge in [-0.3, -0.25) is 9.78 Å². The van der Waals surface area contributed by atoms with E-state index in [1.807, 2.05) is 29.2 Å². The molecule has 0 N–H and O–H groups in total. The molecule has 0 radical (unpaired) electrons. The van der Waals surface area contributed by atoms with Gasteiger partial charge in [0.15, 0.2) is 5.13 Å². The quantitative estimate of drug-likeness (QED) is 0.525. The molecule has 7 heteroatoms. The highest BCUT2D eigenvalue weighted by Gasteiger charge is 2.25. The number of para-hydroxylation sites is 3. The van der Waals surface area contributed by atoms with Crippen LogP contribution in [0.3, 0.4) is 0 Å². The molecule has 0 bridgehead atoms. The second kappa shape index (κ2) is 6.83. The summed E-state index contributed by atoms with van der Waals surface area (Å²) in [4.78, 5) is 30.7. The van der Waals surface area contributed by atoms with E-state index in [0.29, 0.717) is 18.8 Å². The maximum atomic E-state index is 12.9. The van der Waals surface area contributed by atoms with Gasteiger partial charge >= 0.3 is 0 Å². The van der Waals surface area contributed by atoms with Crippen molar-refractivity contribution in [2.45, 2.75) is 6.92 Å². The largest absolute Gasteiger partial charge is 0.345 e. The minimum absolute atomic E-state index is 0.0574. The van der Waals surface area contributed by atoms with Crippen LogP contribution in [0.1, 0.15) is 16.1 Å². The molecule has 2 aromatic heterocycles. The van der Waals surface area contributed by atoms with Crippen molar-refractivity contribution in [3.8, 4) is 0 Å². The number of hydrogen-bond acceptors (Lipinski definition) is 6. The van der Waals surface area contributed by atoms with Crippen LogP contribution < -0.4 is 4.90 Å². The van der Waals surface area contributed by atoms with Crippen LogP contribution in [0.2, 0.25) is 0 Å². The summed E-state index contributed by atoms with van der Waals surface area (Å²) < 4.78 is 1.21. The number of carbonyl (C=O) groups excluding carboxylic acids is 1. The predicted octanol–water partition coefficient (Wildman–Crippen LogP) is 3.51. The van der Waals surface area contributed by atoms with Crippen LogP contribution in [0.25, 0.3) is 21.3 Å². The van der Waals surface area contributed by atoms with E-state index in [2.05, 4.69) is 40.0 Å². The Morgan fingerprint density at radius 2 is 1.75 bits per heavy atom. The molecular formula is C21H19N5OS. The number of aryl methyl sites for hydroxylation is 1. The first-order valence-electron chi connectivity index (χ1n) is 9.31. The third-order valence-corrected chi connectivity index (χ3v) is 6.20. The number of thiazole rings is 1. The van der Waals surface area contributed by atoms with Gasteiger partial charge in [0, 0.05) is 26.2 Å². The van der Waals surface area contributed by atoms with E-state index in [1.54, 1.807) is 17.5 Å². The van der Waals surface area contributed by atoms with Crippen LogP contribution in [0.5, 0.6) is 0 Å². The van der Waals surface area contributed by atoms with Crippen LogP contribution >= 0.6 is 11.3 Å². The topological polar surface area (TPSA) is 62.2 Å². The number of piperazine rings is 1. The molecule has 140 valence electrons. The highest BCUT2D eigenvalue weighted by atomic mass is 32.1. The lowest BCUT2D eigenvalue weighted by atomic mass is 10.2. The first-order chi connectivity index (χ1) is 13.7. The van der Waals surface area contributed by atoms with Gasteiger partial charge in [-0.2, -0.15) is 0 Å². The minimum atomic E-state index is -0.0574. The third kappa shape index (κ3) is 2.97. The summed E-state index contributed by atoms with van der Waals surface area (Å²) in [6, 6.07) is 13.9. The molecule has 6 nitrogen and oxygen atoms in total. The number of hydrogen-bond donors (Lipinski definition) is 0. The number of aromatic nitrogens is 3. The monoisotopic (exact) mass is 389 g/mol. The normalized spacial score (nSPS) is 14.8. The summed E-state index contributed by atoms with van der Waals surface area (Å²) >= 11 is 1.71. The Morgan fingerprint density at radius 3 is 2.54 bits per heavy atom. The summed E-state index contributed by atoms with van der Waals surface area (Å²) in [5, 5.41) is 1.03. The van der Waals surface area contributed by atoms with Crippen LogP contribution in [-0.4, -0.2) is 51.9 Å². The second-order valence-corrected chi connectivity index (χ2v) is 7.95. The Labute approximate surface area is 166 Å². The van der Waals surface area contributed by atoms with Crippen molar-refractivity contribution in [2.24, 2.45) is 0 Å². The van der Waals surface area contributed by atoms with E-state index in [-0.39, 0.29) is 5.91 Å². The van der Waals surface area contributed by atoms with E-state index < -0.39 is 0 Å². The van der Waals surface area contributed by atoms with Crippen LogP contribution in [-0.2, 0) is 0 Å². The SMILES string of the molecule is Cc1cccc2sc(N3CCN(C(=O)c4cnc5ccccc5n4)CC3)nc12. The molecule has 2 aromatic carbocycles. The van der Waals surface area contributed by atoms with Crippen molar-refractivity contribution in [1.82, 2.24) is 19.9 Å². The minimum Gasteiger partial charge on any atom is -0.345 e. The molecule has 1 amide bonds. The molecule has 1 aliphatic rings. The highest BCUT2D eigenvalue weighted by Crippen LogP contribution is 2.31. The van der Waals surface area contributed by atoms with Crippen LogP contribution in [0.4, 0.5) is 5.13 Å². The fraction of sp³-hybridized carbons (Fsp3) is 0.238. The molecule has 28 heavy (non-hydrogen) atoms. The summed E-state index contributed by atoms with van der Waals surface area (Å²) in [7, 11) is 0. The van der Waals surface area contributed by atoms with Crippen molar-refractivity contribution >= 4 is 43.6 Å². The van der Waals surface area contributed by atoms with E-state index in [4.69, 9.17) is 4.98 Å². The third-order valence-electron chi connectivity index (χ3n) is 5.11. The zero-order valence-electron chi connectivity index (χ0n) is 15.5. The first kappa shape index (κ1) is 17.1. The van der Waals surface area contributed by atoms with Gasteiger partial charge in [-0.25, -0.2) is 9.97 Å². The van der Waals surface area contributed by atoms with Crippen molar-refractivity contribution < 1.29 is 4.79 Å². The van der Waals surface area contributed by atoms with Gasteiger partial charge in [-0.15, -0.1) is 0 Å². The van der Waals surface area contributed by atoms with Gasteiger partial charge in [0.2, 0.25) is 0 Å². The van der Waals surface area contributed by atoms with Crippen LogP contribution in [0.15, 0.2) is 48.7 Å². The van der Waals surface area contributed by atoms with Crippen molar-refractivity contribution in [2.75, 3.05) is 31.1 Å². The summed E-state index contributed by atoms with van der Waals surface area (Å²) in [5.74, 6) is -0.0574. The number of benzene rings is 2. The number of amides is 1. The van der Waals surface area contributed by atoms with E-state index in [0.717, 1.165) is 34.8 Å². The molecule has 1 aliphatic heterocycles. The van der Waals surface area contributed by atoms with Gasteiger partial charge < -0.3 is 9.80 Å². The molecule has 0 saturated carbocycles. The second-order valence-electron chi connectivity index (χ2n) is 6.94. The van der Waals surface area contributed by atoms with Crippen molar-refractivity contribution in [3.63, 3.8) is 0 Å². The lowest BCUT2D eigenvalue weighted by Crippen LogP contribution is -2.49. The molecule has 0 spiro atoms. The zero-order chi connectivity index (χ0) is 19.1. The maximum absolute atomic E-state index is 12.9. The Hall–Kier alpha value is -3.06. The smallest absolute Gasteiger partial charge is 0.274 e. The lowest BCUT2D eigenvalue weighted by molar-refractivity contribution is 0.0741. The van der Waals surface area contributed by atoms with Gasteiger partial charge in [0.1, 0.15) is 5.69 Å². The van der Waals surface area contributed by atoms with Crippen molar-refractivity contribution in [1.29, 1.82) is 0 Å².